The third-order valence-electron chi connectivity index (χ3n) is 2.92. The Bertz CT molecular complexity index is 112. The molecule has 0 saturated carbocycles. The Kier molecular flexibility index (Phi) is 9.49. The first-order valence-electron chi connectivity index (χ1n) is 6.38. The minimum atomic E-state index is -0.0409. The summed E-state index contributed by atoms with van der Waals surface area (Å²) in [6.07, 6.45) is 9.45. The van der Waals surface area contributed by atoms with Crippen molar-refractivity contribution >= 4 is 0 Å². The number of hydrogen-bond acceptors (Lipinski definition) is 1. The average Bonchev–Trinajstić information content (AvgIpc) is 2.16. The highest BCUT2D eigenvalue weighted by atomic mass is 16.3. The molecule has 14 heavy (non-hydrogen) atoms. The number of aliphatic hydroxyl groups excluding tert-OH is 1. The van der Waals surface area contributed by atoms with Crippen LogP contribution in [-0.4, -0.2) is 11.2 Å². The standard InChI is InChI=1S/C13H28O/c1-4-6-7-9-13(14)11-10-12(3)8-5-2/h12-14H,4-11H2,1-3H3. The minimum Gasteiger partial charge on any atom is -0.393 e. The molecule has 0 amide bonds. The minimum absolute atomic E-state index is 0.0409. The first-order chi connectivity index (χ1) is 6.70. The molecule has 0 aliphatic heterocycles. The van der Waals surface area contributed by atoms with Gasteiger partial charge in [-0.05, 0) is 25.2 Å². The van der Waals surface area contributed by atoms with Crippen molar-refractivity contribution in [3.05, 3.63) is 0 Å². The highest BCUT2D eigenvalue weighted by molar-refractivity contribution is 4.60. The maximum absolute atomic E-state index is 9.69. The number of unbranched alkanes of at least 4 members (excludes halogenated alkanes) is 2. The molecule has 0 heterocycles. The van der Waals surface area contributed by atoms with E-state index >= 15 is 0 Å². The van der Waals surface area contributed by atoms with Crippen molar-refractivity contribution in [2.24, 2.45) is 5.92 Å². The lowest BCUT2D eigenvalue weighted by Crippen LogP contribution is -2.08. The molecule has 2 unspecified atom stereocenters. The van der Waals surface area contributed by atoms with Crippen molar-refractivity contribution in [1.29, 1.82) is 0 Å². The van der Waals surface area contributed by atoms with Gasteiger partial charge in [0.1, 0.15) is 0 Å². The van der Waals surface area contributed by atoms with Crippen LogP contribution < -0.4 is 0 Å². The van der Waals surface area contributed by atoms with E-state index in [-0.39, 0.29) is 6.10 Å². The predicted octanol–water partition coefficient (Wildman–Crippen LogP) is 4.14. The van der Waals surface area contributed by atoms with E-state index in [2.05, 4.69) is 20.8 Å². The lowest BCUT2D eigenvalue weighted by molar-refractivity contribution is 0.142. The predicted molar refractivity (Wildman–Crippen MR) is 63.5 cm³/mol. The SMILES string of the molecule is CCCCCC(O)CCC(C)CCC. The van der Waals surface area contributed by atoms with Crippen molar-refractivity contribution in [3.63, 3.8) is 0 Å². The normalized spacial score (nSPS) is 15.4. The maximum atomic E-state index is 9.69. The van der Waals surface area contributed by atoms with Crippen LogP contribution in [0.5, 0.6) is 0 Å². The van der Waals surface area contributed by atoms with Crippen LogP contribution in [0, 0.1) is 5.92 Å². The van der Waals surface area contributed by atoms with Crippen LogP contribution in [0.3, 0.4) is 0 Å². The molecule has 0 aromatic heterocycles. The molecule has 0 spiro atoms. The van der Waals surface area contributed by atoms with Crippen molar-refractivity contribution < 1.29 is 5.11 Å². The summed E-state index contributed by atoms with van der Waals surface area (Å²) in [4.78, 5) is 0. The Balaban J connectivity index is 3.29. The lowest BCUT2D eigenvalue weighted by Gasteiger charge is -2.13. The van der Waals surface area contributed by atoms with E-state index in [1.165, 1.54) is 38.5 Å². The Labute approximate surface area is 89.9 Å². The van der Waals surface area contributed by atoms with Gasteiger partial charge in [-0.2, -0.15) is 0 Å². The van der Waals surface area contributed by atoms with Crippen molar-refractivity contribution in [2.75, 3.05) is 0 Å². The van der Waals surface area contributed by atoms with E-state index < -0.39 is 0 Å². The summed E-state index contributed by atoms with van der Waals surface area (Å²) in [5.41, 5.74) is 0. The molecule has 0 aromatic carbocycles. The third-order valence-corrected chi connectivity index (χ3v) is 2.92. The molecule has 1 heteroatoms. The molecule has 1 nitrogen and oxygen atoms in total. The van der Waals surface area contributed by atoms with Crippen LogP contribution >= 0.6 is 0 Å². The molecule has 1 N–H and O–H groups in total. The number of hydrogen-bond donors (Lipinski definition) is 1. The van der Waals surface area contributed by atoms with E-state index in [0.29, 0.717) is 0 Å². The van der Waals surface area contributed by atoms with Gasteiger partial charge in [0.2, 0.25) is 0 Å². The van der Waals surface area contributed by atoms with Gasteiger partial charge in [0.05, 0.1) is 6.10 Å². The van der Waals surface area contributed by atoms with Gasteiger partial charge >= 0.3 is 0 Å². The van der Waals surface area contributed by atoms with Gasteiger partial charge in [0.25, 0.3) is 0 Å². The molecule has 0 aromatic rings. The lowest BCUT2D eigenvalue weighted by atomic mass is 9.96. The molecule has 0 bridgehead atoms. The van der Waals surface area contributed by atoms with E-state index in [9.17, 15) is 5.11 Å². The summed E-state index contributed by atoms with van der Waals surface area (Å²) < 4.78 is 0. The molecular formula is C13H28O. The third kappa shape index (κ3) is 8.55. The topological polar surface area (TPSA) is 20.2 Å². The zero-order valence-electron chi connectivity index (χ0n) is 10.3. The van der Waals surface area contributed by atoms with Crippen molar-refractivity contribution in [1.82, 2.24) is 0 Å². The van der Waals surface area contributed by atoms with Crippen LogP contribution in [0.1, 0.15) is 72.1 Å². The van der Waals surface area contributed by atoms with Crippen molar-refractivity contribution in [3.8, 4) is 0 Å². The van der Waals surface area contributed by atoms with E-state index in [1.54, 1.807) is 0 Å². The number of rotatable bonds is 9. The van der Waals surface area contributed by atoms with Gasteiger partial charge in [-0.3, -0.25) is 0 Å². The van der Waals surface area contributed by atoms with E-state index in [1.807, 2.05) is 0 Å². The summed E-state index contributed by atoms with van der Waals surface area (Å²) in [6, 6.07) is 0. The quantitative estimate of drug-likeness (QED) is 0.554. The van der Waals surface area contributed by atoms with E-state index in [4.69, 9.17) is 0 Å². The summed E-state index contributed by atoms with van der Waals surface area (Å²) in [7, 11) is 0. The fraction of sp³-hybridized carbons (Fsp3) is 1.00. The maximum Gasteiger partial charge on any atom is 0.0540 e. The van der Waals surface area contributed by atoms with Gasteiger partial charge in [-0.15, -0.1) is 0 Å². The summed E-state index contributed by atoms with van der Waals surface area (Å²) in [5.74, 6) is 0.792. The monoisotopic (exact) mass is 200 g/mol. The second kappa shape index (κ2) is 9.51. The Morgan fingerprint density at radius 1 is 0.857 bits per heavy atom. The van der Waals surface area contributed by atoms with Crippen LogP contribution in [0.15, 0.2) is 0 Å². The van der Waals surface area contributed by atoms with Gasteiger partial charge < -0.3 is 5.11 Å². The van der Waals surface area contributed by atoms with E-state index in [0.717, 1.165) is 18.8 Å². The van der Waals surface area contributed by atoms with Crippen molar-refractivity contribution in [2.45, 2.75) is 78.2 Å². The smallest absolute Gasteiger partial charge is 0.0540 e. The highest BCUT2D eigenvalue weighted by Gasteiger charge is 2.06. The molecular weight excluding hydrogens is 172 g/mol. The molecule has 0 rings (SSSR count). The second-order valence-corrected chi connectivity index (χ2v) is 4.62. The van der Waals surface area contributed by atoms with Crippen LogP contribution in [-0.2, 0) is 0 Å². The molecule has 0 saturated heterocycles. The van der Waals surface area contributed by atoms with Gasteiger partial charge in [-0.1, -0.05) is 52.9 Å². The van der Waals surface area contributed by atoms with Gasteiger partial charge in [0.15, 0.2) is 0 Å². The summed E-state index contributed by atoms with van der Waals surface area (Å²) in [5, 5.41) is 9.69. The first kappa shape index (κ1) is 14.0. The fourth-order valence-corrected chi connectivity index (χ4v) is 1.89. The zero-order valence-corrected chi connectivity index (χ0v) is 10.3. The zero-order chi connectivity index (χ0) is 10.8. The molecule has 0 aliphatic carbocycles. The summed E-state index contributed by atoms with van der Waals surface area (Å²) >= 11 is 0. The Hall–Kier alpha value is -0.0400. The van der Waals surface area contributed by atoms with Crippen LogP contribution in [0.25, 0.3) is 0 Å². The molecule has 0 fully saturated rings. The highest BCUT2D eigenvalue weighted by Crippen LogP contribution is 2.16. The Morgan fingerprint density at radius 3 is 2.14 bits per heavy atom. The second-order valence-electron chi connectivity index (χ2n) is 4.62. The van der Waals surface area contributed by atoms with Crippen LogP contribution in [0.2, 0.25) is 0 Å². The average molecular weight is 200 g/mol. The molecule has 0 radical (unpaired) electrons. The molecule has 0 aliphatic rings. The number of aliphatic hydroxyl groups is 1. The molecule has 86 valence electrons. The summed E-state index contributed by atoms with van der Waals surface area (Å²) in [6.45, 7) is 6.73. The van der Waals surface area contributed by atoms with Gasteiger partial charge in [-0.25, -0.2) is 0 Å². The van der Waals surface area contributed by atoms with Gasteiger partial charge in [0, 0.05) is 0 Å². The first-order valence-corrected chi connectivity index (χ1v) is 6.38. The Morgan fingerprint density at radius 2 is 1.57 bits per heavy atom. The molecule has 2 atom stereocenters. The van der Waals surface area contributed by atoms with Crippen LogP contribution in [0.4, 0.5) is 0 Å². The largest absolute Gasteiger partial charge is 0.393 e. The fourth-order valence-electron chi connectivity index (χ4n) is 1.89.